The number of hydrogen-bond donors (Lipinski definition) is 1. The second-order valence-electron chi connectivity index (χ2n) is 5.23. The highest BCUT2D eigenvalue weighted by Gasteiger charge is 2.15. The summed E-state index contributed by atoms with van der Waals surface area (Å²) in [5.41, 5.74) is 0.947. The number of halogens is 2. The third-order valence-corrected chi connectivity index (χ3v) is 6.85. The average Bonchev–Trinajstić information content (AvgIpc) is 2.90. The Morgan fingerprint density at radius 2 is 2.00 bits per heavy atom. The molecule has 3 rings (SSSR count). The Hall–Kier alpha value is -1.64. The number of thiophene rings is 1. The van der Waals surface area contributed by atoms with Gasteiger partial charge in [0.25, 0.3) is 0 Å². The fourth-order valence-electron chi connectivity index (χ4n) is 2.37. The van der Waals surface area contributed by atoms with Crippen LogP contribution in [0.2, 0.25) is 0 Å². The molecular weight excluding hydrogens is 476 g/mol. The number of phenols is 1. The molecule has 2 heterocycles. The van der Waals surface area contributed by atoms with Crippen LogP contribution in [-0.4, -0.2) is 11.1 Å². The number of fused-ring (bicyclic) bond motifs is 1. The maximum absolute atomic E-state index is 12.2. The molecule has 0 bridgehead atoms. The molecule has 0 saturated heterocycles. The van der Waals surface area contributed by atoms with E-state index in [1.165, 1.54) is 23.5 Å². The monoisotopic (exact) mass is 486 g/mol. The molecule has 1 N–H and O–H groups in total. The van der Waals surface area contributed by atoms with E-state index >= 15 is 0 Å². The zero-order valence-electron chi connectivity index (χ0n) is 13.0. The first-order valence-electron chi connectivity index (χ1n) is 7.29. The predicted molar refractivity (Wildman–Crippen MR) is 102 cm³/mol. The van der Waals surface area contributed by atoms with E-state index in [2.05, 4.69) is 31.9 Å². The lowest BCUT2D eigenvalue weighted by molar-refractivity contribution is 0.0479. The van der Waals surface area contributed by atoms with Crippen molar-refractivity contribution in [1.29, 1.82) is 0 Å². The van der Waals surface area contributed by atoms with E-state index in [9.17, 15) is 14.7 Å². The van der Waals surface area contributed by atoms with Gasteiger partial charge in [0.1, 0.15) is 22.8 Å². The number of hydrogen-bond acceptors (Lipinski definition) is 6. The van der Waals surface area contributed by atoms with Gasteiger partial charge in [-0.2, -0.15) is 0 Å². The standard InChI is InChI=1S/C17H12Br2O5S/c1-2-8-3-10-9(4-15(21)24-13(10)6-12(8)20)7-23-17(22)14-5-11(18)16(19)25-14/h3-6,20H,2,7H2,1H3. The highest BCUT2D eigenvalue weighted by Crippen LogP contribution is 2.33. The first-order valence-corrected chi connectivity index (χ1v) is 9.70. The number of aromatic hydroxyl groups is 1. The Kier molecular flexibility index (Phi) is 5.31. The van der Waals surface area contributed by atoms with Crippen molar-refractivity contribution < 1.29 is 19.1 Å². The van der Waals surface area contributed by atoms with Crippen molar-refractivity contribution >= 4 is 60.1 Å². The molecule has 0 aliphatic rings. The highest BCUT2D eigenvalue weighted by atomic mass is 79.9. The van der Waals surface area contributed by atoms with Gasteiger partial charge in [-0.15, -0.1) is 11.3 Å². The van der Waals surface area contributed by atoms with Crippen molar-refractivity contribution in [3.8, 4) is 5.75 Å². The largest absolute Gasteiger partial charge is 0.508 e. The summed E-state index contributed by atoms with van der Waals surface area (Å²) in [6, 6.07) is 6.12. The van der Waals surface area contributed by atoms with E-state index in [0.29, 0.717) is 22.2 Å². The number of carbonyl (C=O) groups excluding carboxylic acids is 1. The lowest BCUT2D eigenvalue weighted by atomic mass is 10.0. The molecule has 8 heteroatoms. The molecule has 0 saturated carbocycles. The molecule has 3 aromatic rings. The van der Waals surface area contributed by atoms with Crippen molar-refractivity contribution in [2.24, 2.45) is 0 Å². The van der Waals surface area contributed by atoms with E-state index in [4.69, 9.17) is 9.15 Å². The van der Waals surface area contributed by atoms with Gasteiger partial charge >= 0.3 is 11.6 Å². The van der Waals surface area contributed by atoms with Gasteiger partial charge in [-0.25, -0.2) is 9.59 Å². The number of rotatable bonds is 4. The van der Waals surface area contributed by atoms with E-state index in [-0.39, 0.29) is 17.9 Å². The second-order valence-corrected chi connectivity index (χ2v) is 8.45. The number of carbonyl (C=O) groups is 1. The van der Waals surface area contributed by atoms with Gasteiger partial charge in [0.15, 0.2) is 0 Å². The summed E-state index contributed by atoms with van der Waals surface area (Å²) >= 11 is 7.91. The summed E-state index contributed by atoms with van der Waals surface area (Å²) in [6.07, 6.45) is 0.622. The zero-order chi connectivity index (χ0) is 18.1. The zero-order valence-corrected chi connectivity index (χ0v) is 17.0. The minimum absolute atomic E-state index is 0.0675. The SMILES string of the molecule is CCc1cc2c(COC(=O)c3cc(Br)c(Br)s3)cc(=O)oc2cc1O. The van der Waals surface area contributed by atoms with Crippen molar-refractivity contribution in [2.75, 3.05) is 0 Å². The Morgan fingerprint density at radius 1 is 1.24 bits per heavy atom. The van der Waals surface area contributed by atoms with Crippen LogP contribution in [0, 0.1) is 0 Å². The fraction of sp³-hybridized carbons (Fsp3) is 0.176. The van der Waals surface area contributed by atoms with Gasteiger partial charge in [-0.05, 0) is 56.0 Å². The summed E-state index contributed by atoms with van der Waals surface area (Å²) in [7, 11) is 0. The molecule has 0 atom stereocenters. The van der Waals surface area contributed by atoms with E-state index in [1.807, 2.05) is 6.92 Å². The van der Waals surface area contributed by atoms with Gasteiger partial charge in [0.05, 0.1) is 3.79 Å². The van der Waals surface area contributed by atoms with Crippen LogP contribution >= 0.6 is 43.2 Å². The number of benzene rings is 1. The molecule has 0 spiro atoms. The van der Waals surface area contributed by atoms with E-state index in [0.717, 1.165) is 13.8 Å². The predicted octanol–water partition coefficient (Wildman–Crippen LogP) is 5.00. The van der Waals surface area contributed by atoms with Gasteiger partial charge in [0.2, 0.25) is 0 Å². The van der Waals surface area contributed by atoms with E-state index in [1.54, 1.807) is 12.1 Å². The smallest absolute Gasteiger partial charge is 0.348 e. The van der Waals surface area contributed by atoms with Crippen LogP contribution in [0.4, 0.5) is 0 Å². The molecule has 0 fully saturated rings. The van der Waals surface area contributed by atoms with Gasteiger partial charge in [-0.1, -0.05) is 6.92 Å². The van der Waals surface area contributed by atoms with E-state index < -0.39 is 11.6 Å². The molecule has 0 unspecified atom stereocenters. The number of ether oxygens (including phenoxy) is 1. The molecule has 0 aliphatic carbocycles. The third kappa shape index (κ3) is 3.80. The maximum atomic E-state index is 12.2. The highest BCUT2D eigenvalue weighted by molar-refractivity contribution is 9.13. The molecule has 130 valence electrons. The molecular formula is C17H12Br2O5S. The van der Waals surface area contributed by atoms with Gasteiger partial charge < -0.3 is 14.3 Å². The van der Waals surface area contributed by atoms with Crippen LogP contribution in [0.1, 0.15) is 27.7 Å². The first-order chi connectivity index (χ1) is 11.9. The maximum Gasteiger partial charge on any atom is 0.348 e. The number of esters is 1. The molecule has 0 amide bonds. The topological polar surface area (TPSA) is 76.7 Å². The minimum Gasteiger partial charge on any atom is -0.508 e. The third-order valence-electron chi connectivity index (χ3n) is 3.62. The molecule has 5 nitrogen and oxygen atoms in total. The van der Waals surface area contributed by atoms with Crippen LogP contribution in [-0.2, 0) is 17.8 Å². The van der Waals surface area contributed by atoms with Crippen LogP contribution in [0.5, 0.6) is 5.75 Å². The van der Waals surface area contributed by atoms with Gasteiger partial charge in [-0.3, -0.25) is 0 Å². The fourth-order valence-corrected chi connectivity index (χ4v) is 4.30. The molecule has 0 aliphatic heterocycles. The van der Waals surface area contributed by atoms with Crippen LogP contribution in [0.3, 0.4) is 0 Å². The Morgan fingerprint density at radius 3 is 2.64 bits per heavy atom. The summed E-state index contributed by atoms with van der Waals surface area (Å²) in [5.74, 6) is -0.409. The molecule has 0 radical (unpaired) electrons. The molecule has 1 aromatic carbocycles. The van der Waals surface area contributed by atoms with Crippen molar-refractivity contribution in [1.82, 2.24) is 0 Å². The minimum atomic E-state index is -0.566. The van der Waals surface area contributed by atoms with Crippen molar-refractivity contribution in [2.45, 2.75) is 20.0 Å². The summed E-state index contributed by atoms with van der Waals surface area (Å²) < 4.78 is 12.0. The van der Waals surface area contributed by atoms with Crippen LogP contribution in [0.15, 0.2) is 41.7 Å². The summed E-state index contributed by atoms with van der Waals surface area (Å²) in [4.78, 5) is 24.4. The van der Waals surface area contributed by atoms with Crippen molar-refractivity contribution in [3.05, 3.63) is 58.9 Å². The van der Waals surface area contributed by atoms with Crippen LogP contribution < -0.4 is 5.63 Å². The Balaban J connectivity index is 1.92. The quantitative estimate of drug-likeness (QED) is 0.413. The second kappa shape index (κ2) is 7.31. The van der Waals surface area contributed by atoms with Gasteiger partial charge in [0, 0.05) is 27.6 Å². The number of phenolic OH excluding ortho intramolecular Hbond substituents is 1. The summed E-state index contributed by atoms with van der Waals surface area (Å²) in [6.45, 7) is 1.84. The normalized spacial score (nSPS) is 11.0. The Labute approximate surface area is 163 Å². The van der Waals surface area contributed by atoms with Crippen molar-refractivity contribution in [3.63, 3.8) is 0 Å². The van der Waals surface area contributed by atoms with Crippen LogP contribution in [0.25, 0.3) is 11.0 Å². The average molecular weight is 488 g/mol. The Bertz CT molecular complexity index is 1000. The number of aryl methyl sites for hydroxylation is 1. The molecule has 2 aromatic heterocycles. The summed E-state index contributed by atoms with van der Waals surface area (Å²) in [5, 5.41) is 10.6. The first kappa shape index (κ1) is 18.2. The molecule has 25 heavy (non-hydrogen) atoms. The lowest BCUT2D eigenvalue weighted by Gasteiger charge is -2.09. The lowest BCUT2D eigenvalue weighted by Crippen LogP contribution is -2.07.